The van der Waals surface area contributed by atoms with Crippen LogP contribution in [0.2, 0.25) is 0 Å². The van der Waals surface area contributed by atoms with Gasteiger partial charge in [0.1, 0.15) is 10.9 Å². The number of benzene rings is 1. The van der Waals surface area contributed by atoms with Crippen LogP contribution in [0.5, 0.6) is 0 Å². The van der Waals surface area contributed by atoms with Crippen LogP contribution < -0.4 is 5.73 Å². The second-order valence-electron chi connectivity index (χ2n) is 3.78. The fourth-order valence-corrected chi connectivity index (χ4v) is 3.26. The van der Waals surface area contributed by atoms with Gasteiger partial charge in [-0.1, -0.05) is 12.1 Å². The first kappa shape index (κ1) is 12.5. The summed E-state index contributed by atoms with van der Waals surface area (Å²) in [5, 5.41) is 8.66. The molecular weight excluding hydrogens is 260 g/mol. The van der Waals surface area contributed by atoms with E-state index in [0.29, 0.717) is 4.31 Å². The summed E-state index contributed by atoms with van der Waals surface area (Å²) < 4.78 is 24.5. The molecule has 1 aliphatic heterocycles. The van der Waals surface area contributed by atoms with E-state index in [-0.39, 0.29) is 10.5 Å². The van der Waals surface area contributed by atoms with Gasteiger partial charge < -0.3 is 10.8 Å². The molecule has 0 bridgehead atoms. The Morgan fingerprint density at radius 2 is 2.00 bits per heavy atom. The van der Waals surface area contributed by atoms with Crippen LogP contribution in [0.4, 0.5) is 0 Å². The van der Waals surface area contributed by atoms with Gasteiger partial charge in [0, 0.05) is 0 Å². The third kappa shape index (κ3) is 1.75. The highest BCUT2D eigenvalue weighted by Gasteiger charge is 2.42. The number of nitrogens with two attached hydrogens (primary N) is 1. The minimum atomic E-state index is -3.98. The van der Waals surface area contributed by atoms with Gasteiger partial charge in [0.15, 0.2) is 0 Å². The van der Waals surface area contributed by atoms with Gasteiger partial charge >= 0.3 is 5.97 Å². The minimum absolute atomic E-state index is 0.0371. The molecular formula is C10H10N2O5S. The molecule has 2 rings (SSSR count). The van der Waals surface area contributed by atoms with Gasteiger partial charge in [-0.05, 0) is 12.1 Å². The number of amides is 1. The number of aliphatic carboxylic acids is 1. The van der Waals surface area contributed by atoms with Crippen LogP contribution in [0.25, 0.3) is 0 Å². The van der Waals surface area contributed by atoms with Crippen LogP contribution in [-0.4, -0.2) is 42.3 Å². The standard InChI is InChI=1S/C10H10N2O5S/c11-7(10(14)15)5-12-9(13)6-3-1-2-4-8(6)18(12,16)17/h1-4,7H,5,11H2,(H,14,15). The lowest BCUT2D eigenvalue weighted by Crippen LogP contribution is -2.44. The molecule has 8 heteroatoms. The Kier molecular flexibility index (Phi) is 2.83. The molecule has 1 heterocycles. The van der Waals surface area contributed by atoms with E-state index in [1.54, 1.807) is 0 Å². The smallest absolute Gasteiger partial charge is 0.322 e. The highest BCUT2D eigenvalue weighted by Crippen LogP contribution is 2.29. The van der Waals surface area contributed by atoms with E-state index in [1.165, 1.54) is 24.3 Å². The first-order chi connectivity index (χ1) is 8.35. The highest BCUT2D eigenvalue weighted by molar-refractivity contribution is 7.90. The number of fused-ring (bicyclic) bond motifs is 1. The van der Waals surface area contributed by atoms with Crippen molar-refractivity contribution in [2.75, 3.05) is 6.54 Å². The number of nitrogens with zero attached hydrogens (tertiary/aromatic N) is 1. The third-order valence-corrected chi connectivity index (χ3v) is 4.40. The Balaban J connectivity index is 2.43. The van der Waals surface area contributed by atoms with Gasteiger partial charge in [-0.2, -0.15) is 0 Å². The fraction of sp³-hybridized carbons (Fsp3) is 0.200. The maximum Gasteiger partial charge on any atom is 0.322 e. The van der Waals surface area contributed by atoms with E-state index in [9.17, 15) is 18.0 Å². The Morgan fingerprint density at radius 1 is 1.39 bits per heavy atom. The molecule has 0 spiro atoms. The van der Waals surface area contributed by atoms with Gasteiger partial charge in [0.05, 0.1) is 12.1 Å². The normalized spacial score (nSPS) is 18.5. The van der Waals surface area contributed by atoms with Crippen molar-refractivity contribution in [3.63, 3.8) is 0 Å². The number of rotatable bonds is 3. The maximum absolute atomic E-state index is 12.0. The quantitative estimate of drug-likeness (QED) is 0.745. The molecule has 1 amide bonds. The number of carboxylic acid groups (broad SMARTS) is 1. The summed E-state index contributed by atoms with van der Waals surface area (Å²) in [5.41, 5.74) is 5.29. The zero-order valence-electron chi connectivity index (χ0n) is 9.11. The average Bonchev–Trinajstić information content (AvgIpc) is 2.51. The predicted octanol–water partition coefficient (Wildman–Crippen LogP) is -0.757. The summed E-state index contributed by atoms with van der Waals surface area (Å²) in [5.74, 6) is -2.11. The van der Waals surface area contributed by atoms with Crippen molar-refractivity contribution >= 4 is 21.9 Å². The summed E-state index contributed by atoms with van der Waals surface area (Å²) in [6.45, 7) is -0.578. The van der Waals surface area contributed by atoms with Crippen molar-refractivity contribution in [2.45, 2.75) is 10.9 Å². The molecule has 0 fully saturated rings. The molecule has 0 saturated heterocycles. The Labute approximate surface area is 103 Å². The number of hydrogen-bond donors (Lipinski definition) is 2. The molecule has 0 aliphatic carbocycles. The van der Waals surface area contributed by atoms with Crippen LogP contribution in [0.1, 0.15) is 10.4 Å². The molecule has 96 valence electrons. The van der Waals surface area contributed by atoms with Crippen molar-refractivity contribution in [3.05, 3.63) is 29.8 Å². The van der Waals surface area contributed by atoms with Crippen LogP contribution in [0.3, 0.4) is 0 Å². The van der Waals surface area contributed by atoms with E-state index in [0.717, 1.165) is 0 Å². The van der Waals surface area contributed by atoms with Gasteiger partial charge in [0.2, 0.25) is 0 Å². The Morgan fingerprint density at radius 3 is 2.56 bits per heavy atom. The first-order valence-electron chi connectivity index (χ1n) is 5.00. The number of carbonyl (C=O) groups is 2. The monoisotopic (exact) mass is 270 g/mol. The summed E-state index contributed by atoms with van der Waals surface area (Å²) in [6.07, 6.45) is 0. The van der Waals surface area contributed by atoms with Crippen LogP contribution in [0, 0.1) is 0 Å². The van der Waals surface area contributed by atoms with Crippen molar-refractivity contribution in [2.24, 2.45) is 5.73 Å². The van der Waals surface area contributed by atoms with Crippen molar-refractivity contribution in [3.8, 4) is 0 Å². The Hall–Kier alpha value is -1.93. The van der Waals surface area contributed by atoms with Gasteiger partial charge in [-0.15, -0.1) is 0 Å². The largest absolute Gasteiger partial charge is 0.480 e. The number of carboxylic acids is 1. The third-order valence-electron chi connectivity index (χ3n) is 2.59. The Bertz CT molecular complexity index is 625. The molecule has 7 nitrogen and oxygen atoms in total. The van der Waals surface area contributed by atoms with E-state index < -0.39 is 34.5 Å². The number of hydrogen-bond acceptors (Lipinski definition) is 5. The summed E-state index contributed by atoms with van der Waals surface area (Å²) in [6, 6.07) is 4.26. The topological polar surface area (TPSA) is 118 Å². The van der Waals surface area contributed by atoms with E-state index in [4.69, 9.17) is 10.8 Å². The molecule has 1 unspecified atom stereocenters. The van der Waals surface area contributed by atoms with Gasteiger partial charge in [-0.3, -0.25) is 9.59 Å². The molecule has 1 aromatic carbocycles. The molecule has 0 radical (unpaired) electrons. The second kappa shape index (κ2) is 4.07. The SMILES string of the molecule is NC(CN1C(=O)c2ccccc2S1(=O)=O)C(=O)O. The molecule has 1 aliphatic rings. The lowest BCUT2D eigenvalue weighted by atomic mass is 10.2. The lowest BCUT2D eigenvalue weighted by molar-refractivity contribution is -0.138. The average molecular weight is 270 g/mol. The van der Waals surface area contributed by atoms with Crippen molar-refractivity contribution < 1.29 is 23.1 Å². The fourth-order valence-electron chi connectivity index (χ4n) is 1.67. The number of sulfonamides is 1. The molecule has 0 saturated carbocycles. The second-order valence-corrected chi connectivity index (χ2v) is 5.61. The highest BCUT2D eigenvalue weighted by atomic mass is 32.2. The van der Waals surface area contributed by atoms with E-state index in [1.807, 2.05) is 0 Å². The number of carbonyl (C=O) groups excluding carboxylic acids is 1. The molecule has 1 aromatic rings. The van der Waals surface area contributed by atoms with Gasteiger partial charge in [-0.25, -0.2) is 12.7 Å². The molecule has 18 heavy (non-hydrogen) atoms. The van der Waals surface area contributed by atoms with E-state index >= 15 is 0 Å². The summed E-state index contributed by atoms with van der Waals surface area (Å²) >= 11 is 0. The predicted molar refractivity (Wildman–Crippen MR) is 60.3 cm³/mol. The summed E-state index contributed by atoms with van der Waals surface area (Å²) in [7, 11) is -3.98. The zero-order valence-corrected chi connectivity index (χ0v) is 9.92. The van der Waals surface area contributed by atoms with Crippen molar-refractivity contribution in [1.82, 2.24) is 4.31 Å². The maximum atomic E-state index is 12.0. The molecule has 0 aromatic heterocycles. The van der Waals surface area contributed by atoms with Crippen LogP contribution in [0.15, 0.2) is 29.2 Å². The first-order valence-corrected chi connectivity index (χ1v) is 6.44. The molecule has 3 N–H and O–H groups in total. The van der Waals surface area contributed by atoms with Gasteiger partial charge in [0.25, 0.3) is 15.9 Å². The summed E-state index contributed by atoms with van der Waals surface area (Å²) in [4.78, 5) is 22.4. The zero-order chi connectivity index (χ0) is 13.5. The molecule has 1 atom stereocenters. The van der Waals surface area contributed by atoms with Crippen LogP contribution >= 0.6 is 0 Å². The van der Waals surface area contributed by atoms with E-state index in [2.05, 4.69) is 0 Å². The van der Waals surface area contributed by atoms with Crippen LogP contribution in [-0.2, 0) is 14.8 Å². The van der Waals surface area contributed by atoms with Crippen molar-refractivity contribution in [1.29, 1.82) is 0 Å². The minimum Gasteiger partial charge on any atom is -0.480 e. The lowest BCUT2D eigenvalue weighted by Gasteiger charge is -2.17.